The van der Waals surface area contributed by atoms with Gasteiger partial charge in [-0.1, -0.05) is 0 Å². The first-order valence-corrected chi connectivity index (χ1v) is 7.06. The van der Waals surface area contributed by atoms with Gasteiger partial charge >= 0.3 is 11.9 Å². The second kappa shape index (κ2) is 6.35. The van der Waals surface area contributed by atoms with Gasteiger partial charge in [0, 0.05) is 12.2 Å². The maximum Gasteiger partial charge on any atom is 0.323 e. The molecule has 0 spiro atoms. The quantitative estimate of drug-likeness (QED) is 0.628. The molecular weight excluding hydrogens is 288 g/mol. The second-order valence-corrected chi connectivity index (χ2v) is 5.56. The molecule has 0 fully saturated rings. The molecule has 1 aromatic rings. The molecule has 0 unspecified atom stereocenters. The number of anilines is 1. The summed E-state index contributed by atoms with van der Waals surface area (Å²) in [5.74, 6) is -2.17. The van der Waals surface area contributed by atoms with E-state index in [9.17, 15) is 18.0 Å². The van der Waals surface area contributed by atoms with E-state index in [1.807, 2.05) is 0 Å². The van der Waals surface area contributed by atoms with Crippen LogP contribution < -0.4 is 10.0 Å². The van der Waals surface area contributed by atoms with E-state index >= 15 is 0 Å². The molecule has 0 radical (unpaired) electrons. The number of hydrogen-bond acceptors (Lipinski definition) is 5. The fourth-order valence-corrected chi connectivity index (χ4v) is 2.06. The highest BCUT2D eigenvalue weighted by Crippen LogP contribution is 2.17. The lowest BCUT2D eigenvalue weighted by atomic mass is 10.2. The number of sulfonamides is 1. The van der Waals surface area contributed by atoms with E-state index in [4.69, 9.17) is 15.4 Å². The predicted octanol–water partition coefficient (Wildman–Crippen LogP) is -0.300. The van der Waals surface area contributed by atoms with Crippen molar-refractivity contribution < 1.29 is 28.2 Å². The van der Waals surface area contributed by atoms with Crippen LogP contribution in [0.5, 0.6) is 0 Å². The summed E-state index contributed by atoms with van der Waals surface area (Å²) < 4.78 is 22.2. The molecule has 110 valence electrons. The summed E-state index contributed by atoms with van der Waals surface area (Å²) in [6.07, 6.45) is -0.232. The highest BCUT2D eigenvalue weighted by atomic mass is 32.2. The van der Waals surface area contributed by atoms with Crippen LogP contribution in [0, 0.1) is 0 Å². The van der Waals surface area contributed by atoms with Crippen LogP contribution in [0.3, 0.4) is 0 Å². The summed E-state index contributed by atoms with van der Waals surface area (Å²) >= 11 is 0. The SMILES string of the molecule is NS(=O)(=O)c1ccc(N(CCC(=O)O)CC(=O)O)cc1. The van der Waals surface area contributed by atoms with E-state index in [1.54, 1.807) is 0 Å². The summed E-state index contributed by atoms with van der Waals surface area (Å²) in [5.41, 5.74) is 0.404. The number of carbonyl (C=O) groups is 2. The van der Waals surface area contributed by atoms with Crippen molar-refractivity contribution in [3.63, 3.8) is 0 Å². The first-order chi connectivity index (χ1) is 9.20. The van der Waals surface area contributed by atoms with Crippen molar-refractivity contribution in [2.45, 2.75) is 11.3 Å². The number of aliphatic carboxylic acids is 2. The highest BCUT2D eigenvalue weighted by molar-refractivity contribution is 7.89. The molecule has 1 aromatic carbocycles. The van der Waals surface area contributed by atoms with Crippen molar-refractivity contribution in [1.29, 1.82) is 0 Å². The minimum atomic E-state index is -3.82. The van der Waals surface area contributed by atoms with Gasteiger partial charge in [-0.2, -0.15) is 0 Å². The number of carboxylic acid groups (broad SMARTS) is 2. The molecule has 1 rings (SSSR count). The molecule has 0 bridgehead atoms. The van der Waals surface area contributed by atoms with E-state index in [-0.39, 0.29) is 24.4 Å². The summed E-state index contributed by atoms with van der Waals surface area (Å²) in [5, 5.41) is 22.4. The molecule has 0 atom stereocenters. The standard InChI is InChI=1S/C11H14N2O6S/c12-20(18,19)9-3-1-8(2-4-9)13(7-11(16)17)6-5-10(14)15/h1-4H,5-7H2,(H,14,15)(H,16,17)(H2,12,18,19). The average Bonchev–Trinajstić information content (AvgIpc) is 2.33. The highest BCUT2D eigenvalue weighted by Gasteiger charge is 2.14. The Labute approximate surface area is 115 Å². The third-order valence-electron chi connectivity index (χ3n) is 2.45. The molecule has 0 amide bonds. The third-order valence-corrected chi connectivity index (χ3v) is 3.38. The van der Waals surface area contributed by atoms with Crippen LogP contribution >= 0.6 is 0 Å². The van der Waals surface area contributed by atoms with Crippen molar-refractivity contribution in [3.05, 3.63) is 24.3 Å². The molecule has 0 heterocycles. The first kappa shape index (κ1) is 15.9. The van der Waals surface area contributed by atoms with Gasteiger partial charge in [0.1, 0.15) is 6.54 Å². The number of nitrogens with zero attached hydrogens (tertiary/aromatic N) is 1. The Morgan fingerprint density at radius 3 is 2.05 bits per heavy atom. The smallest absolute Gasteiger partial charge is 0.323 e. The fourth-order valence-electron chi connectivity index (χ4n) is 1.54. The molecule has 0 saturated carbocycles. The maximum atomic E-state index is 11.1. The Bertz CT molecular complexity index is 596. The van der Waals surface area contributed by atoms with Crippen molar-refractivity contribution in [3.8, 4) is 0 Å². The Balaban J connectivity index is 2.95. The lowest BCUT2D eigenvalue weighted by Gasteiger charge is -2.22. The van der Waals surface area contributed by atoms with E-state index in [0.717, 1.165) is 0 Å². The largest absolute Gasteiger partial charge is 0.481 e. The van der Waals surface area contributed by atoms with Gasteiger partial charge in [-0.25, -0.2) is 13.6 Å². The Morgan fingerprint density at radius 1 is 1.10 bits per heavy atom. The number of rotatable bonds is 7. The van der Waals surface area contributed by atoms with Crippen LogP contribution in [-0.2, 0) is 19.6 Å². The lowest BCUT2D eigenvalue weighted by Crippen LogP contribution is -2.31. The Kier molecular flexibility index (Phi) is 5.06. The zero-order chi connectivity index (χ0) is 15.3. The molecule has 9 heteroatoms. The monoisotopic (exact) mass is 302 g/mol. The van der Waals surface area contributed by atoms with E-state index in [2.05, 4.69) is 0 Å². The first-order valence-electron chi connectivity index (χ1n) is 5.51. The number of benzene rings is 1. The Morgan fingerprint density at radius 2 is 1.65 bits per heavy atom. The topological polar surface area (TPSA) is 138 Å². The van der Waals surface area contributed by atoms with Crippen molar-refractivity contribution in [2.24, 2.45) is 5.14 Å². The predicted molar refractivity (Wildman–Crippen MR) is 69.9 cm³/mol. The van der Waals surface area contributed by atoms with E-state index in [1.165, 1.54) is 29.2 Å². The molecule has 20 heavy (non-hydrogen) atoms. The lowest BCUT2D eigenvalue weighted by molar-refractivity contribution is -0.138. The molecule has 0 saturated heterocycles. The zero-order valence-electron chi connectivity index (χ0n) is 10.4. The summed E-state index contributed by atoms with van der Waals surface area (Å²) in [7, 11) is -3.82. The average molecular weight is 302 g/mol. The van der Waals surface area contributed by atoms with Crippen molar-refractivity contribution in [2.75, 3.05) is 18.0 Å². The number of carboxylic acids is 2. The van der Waals surface area contributed by atoms with Crippen LogP contribution in [0.4, 0.5) is 5.69 Å². The van der Waals surface area contributed by atoms with Gasteiger partial charge in [-0.3, -0.25) is 9.59 Å². The van der Waals surface area contributed by atoms with Crippen LogP contribution in [0.2, 0.25) is 0 Å². The van der Waals surface area contributed by atoms with Crippen molar-refractivity contribution in [1.82, 2.24) is 0 Å². The van der Waals surface area contributed by atoms with Gasteiger partial charge in [-0.15, -0.1) is 0 Å². The van der Waals surface area contributed by atoms with Crippen LogP contribution in [0.1, 0.15) is 6.42 Å². The molecule has 0 aliphatic heterocycles. The van der Waals surface area contributed by atoms with Gasteiger partial charge in [0.15, 0.2) is 0 Å². The number of primary sulfonamides is 1. The van der Waals surface area contributed by atoms with Gasteiger partial charge in [0.05, 0.1) is 11.3 Å². The summed E-state index contributed by atoms with van der Waals surface area (Å²) in [6.45, 7) is -0.391. The minimum Gasteiger partial charge on any atom is -0.481 e. The van der Waals surface area contributed by atoms with E-state index < -0.39 is 22.0 Å². The normalized spacial score (nSPS) is 11.1. The third kappa shape index (κ3) is 4.86. The van der Waals surface area contributed by atoms with Crippen LogP contribution in [0.25, 0.3) is 0 Å². The van der Waals surface area contributed by atoms with Crippen LogP contribution in [0.15, 0.2) is 29.2 Å². The second-order valence-electron chi connectivity index (χ2n) is 4.00. The minimum absolute atomic E-state index is 0.00362. The summed E-state index contributed by atoms with van der Waals surface area (Å²) in [6, 6.07) is 5.23. The van der Waals surface area contributed by atoms with Gasteiger partial charge in [-0.05, 0) is 24.3 Å². The van der Waals surface area contributed by atoms with E-state index in [0.29, 0.717) is 5.69 Å². The number of nitrogens with two attached hydrogens (primary N) is 1. The molecule has 0 aliphatic rings. The van der Waals surface area contributed by atoms with Crippen molar-refractivity contribution >= 4 is 27.6 Å². The zero-order valence-corrected chi connectivity index (χ0v) is 11.2. The fraction of sp³-hybridized carbons (Fsp3) is 0.273. The van der Waals surface area contributed by atoms with Gasteiger partial charge < -0.3 is 15.1 Å². The molecule has 8 nitrogen and oxygen atoms in total. The van der Waals surface area contributed by atoms with Gasteiger partial charge in [0.25, 0.3) is 0 Å². The number of hydrogen-bond donors (Lipinski definition) is 3. The molecular formula is C11H14N2O6S. The maximum absolute atomic E-state index is 11.1. The summed E-state index contributed by atoms with van der Waals surface area (Å²) in [4.78, 5) is 22.5. The Hall–Kier alpha value is -2.13. The molecule has 0 aromatic heterocycles. The molecule has 4 N–H and O–H groups in total. The molecule has 0 aliphatic carbocycles. The van der Waals surface area contributed by atoms with Gasteiger partial charge in [0.2, 0.25) is 10.0 Å². The van der Waals surface area contributed by atoms with Crippen LogP contribution in [-0.4, -0.2) is 43.7 Å².